The summed E-state index contributed by atoms with van der Waals surface area (Å²) in [5.74, 6) is -1.92. The molecule has 0 heterocycles. The zero-order valence-electron chi connectivity index (χ0n) is 13.2. The highest BCUT2D eigenvalue weighted by Gasteiger charge is 2.20. The summed E-state index contributed by atoms with van der Waals surface area (Å²) in [5.41, 5.74) is -0.769. The van der Waals surface area contributed by atoms with Gasteiger partial charge in [0.15, 0.2) is 0 Å². The number of benzene rings is 1. The molecule has 0 saturated carbocycles. The molecule has 2 N–H and O–H groups in total. The minimum atomic E-state index is -1.30. The molecule has 0 aliphatic heterocycles. The van der Waals surface area contributed by atoms with Crippen LogP contribution in [0.1, 0.15) is 41.0 Å². The van der Waals surface area contributed by atoms with E-state index in [4.69, 9.17) is 5.11 Å². The molecule has 0 fully saturated rings. The third kappa shape index (κ3) is 5.33. The number of rotatable bonds is 9. The molecule has 1 amide bonds. The molecule has 0 aliphatic carbocycles. The fourth-order valence-electron chi connectivity index (χ4n) is 2.16. The average Bonchev–Trinajstić information content (AvgIpc) is 2.54. The van der Waals surface area contributed by atoms with E-state index in [0.29, 0.717) is 13.0 Å². The van der Waals surface area contributed by atoms with Gasteiger partial charge in [-0.2, -0.15) is 0 Å². The number of aromatic carboxylic acids is 1. The van der Waals surface area contributed by atoms with Crippen molar-refractivity contribution in [3.8, 4) is 0 Å². The SMILES string of the molecule is CCN(CC)CCCNC(=O)c1cc([N+](=O)[O-])ccc1C(=O)O. The highest BCUT2D eigenvalue weighted by atomic mass is 16.6. The van der Waals surface area contributed by atoms with E-state index in [9.17, 15) is 19.7 Å². The predicted molar refractivity (Wildman–Crippen MR) is 84.8 cm³/mol. The molecule has 1 rings (SSSR count). The Morgan fingerprint density at radius 3 is 2.43 bits per heavy atom. The Morgan fingerprint density at radius 2 is 1.91 bits per heavy atom. The van der Waals surface area contributed by atoms with Crippen LogP contribution in [-0.4, -0.2) is 53.0 Å². The quantitative estimate of drug-likeness (QED) is 0.407. The minimum absolute atomic E-state index is 0.200. The standard InChI is InChI=1S/C15H21N3O5/c1-3-17(4-2)9-5-8-16-14(19)13-10-11(18(22)23)6-7-12(13)15(20)21/h6-7,10H,3-5,8-9H2,1-2H3,(H,16,19)(H,20,21). The zero-order chi connectivity index (χ0) is 17.4. The summed E-state index contributed by atoms with van der Waals surface area (Å²) in [7, 11) is 0. The van der Waals surface area contributed by atoms with E-state index < -0.39 is 16.8 Å². The lowest BCUT2D eigenvalue weighted by atomic mass is 10.1. The number of non-ortho nitro benzene ring substituents is 1. The summed E-state index contributed by atoms with van der Waals surface area (Å²) in [6.45, 7) is 7.11. The number of carboxylic acids is 1. The van der Waals surface area contributed by atoms with E-state index in [0.717, 1.165) is 37.8 Å². The summed E-state index contributed by atoms with van der Waals surface area (Å²) in [4.78, 5) is 35.6. The van der Waals surface area contributed by atoms with E-state index in [-0.39, 0.29) is 16.8 Å². The van der Waals surface area contributed by atoms with E-state index in [2.05, 4.69) is 10.2 Å². The van der Waals surface area contributed by atoms with Crippen molar-refractivity contribution in [2.75, 3.05) is 26.2 Å². The average molecular weight is 323 g/mol. The Labute approximate surface area is 134 Å². The van der Waals surface area contributed by atoms with Crippen molar-refractivity contribution < 1.29 is 19.6 Å². The zero-order valence-corrected chi connectivity index (χ0v) is 13.2. The van der Waals surface area contributed by atoms with Crippen molar-refractivity contribution >= 4 is 17.6 Å². The summed E-state index contributed by atoms with van der Waals surface area (Å²) < 4.78 is 0. The maximum Gasteiger partial charge on any atom is 0.336 e. The second-order valence-corrected chi connectivity index (χ2v) is 4.93. The monoisotopic (exact) mass is 323 g/mol. The lowest BCUT2D eigenvalue weighted by Gasteiger charge is -2.17. The molecule has 0 aliphatic rings. The number of nitrogens with zero attached hydrogens (tertiary/aromatic N) is 2. The highest BCUT2D eigenvalue weighted by Crippen LogP contribution is 2.18. The van der Waals surface area contributed by atoms with Gasteiger partial charge < -0.3 is 15.3 Å². The maximum atomic E-state index is 12.1. The number of hydrogen-bond acceptors (Lipinski definition) is 5. The number of hydrogen-bond donors (Lipinski definition) is 2. The van der Waals surface area contributed by atoms with Crippen LogP contribution in [0.15, 0.2) is 18.2 Å². The first kappa shape index (κ1) is 18.6. The molecule has 23 heavy (non-hydrogen) atoms. The fourth-order valence-corrected chi connectivity index (χ4v) is 2.16. The largest absolute Gasteiger partial charge is 0.478 e. The van der Waals surface area contributed by atoms with E-state index in [1.165, 1.54) is 0 Å². The summed E-state index contributed by atoms with van der Waals surface area (Å²) in [5, 5.41) is 22.5. The number of amides is 1. The molecular weight excluding hydrogens is 302 g/mol. The number of carbonyl (C=O) groups excluding carboxylic acids is 1. The third-order valence-corrected chi connectivity index (χ3v) is 3.52. The summed E-state index contributed by atoms with van der Waals surface area (Å²) >= 11 is 0. The Bertz CT molecular complexity index is 584. The van der Waals surface area contributed by atoms with Crippen molar-refractivity contribution in [2.45, 2.75) is 20.3 Å². The van der Waals surface area contributed by atoms with Gasteiger partial charge in [-0.15, -0.1) is 0 Å². The molecular formula is C15H21N3O5. The lowest BCUT2D eigenvalue weighted by molar-refractivity contribution is -0.384. The van der Waals surface area contributed by atoms with Crippen LogP contribution in [0.25, 0.3) is 0 Å². The molecule has 1 aromatic rings. The van der Waals surface area contributed by atoms with Crippen molar-refractivity contribution in [2.24, 2.45) is 0 Å². The highest BCUT2D eigenvalue weighted by molar-refractivity contribution is 6.05. The fraction of sp³-hybridized carbons (Fsp3) is 0.467. The van der Waals surface area contributed by atoms with Crippen molar-refractivity contribution in [3.63, 3.8) is 0 Å². The molecule has 8 heteroatoms. The normalized spacial score (nSPS) is 10.6. The van der Waals surface area contributed by atoms with Gasteiger partial charge in [-0.05, 0) is 32.1 Å². The van der Waals surface area contributed by atoms with Crippen molar-refractivity contribution in [1.29, 1.82) is 0 Å². The van der Waals surface area contributed by atoms with Gasteiger partial charge in [0.05, 0.1) is 16.1 Å². The van der Waals surface area contributed by atoms with Crippen LogP contribution in [0.4, 0.5) is 5.69 Å². The summed E-state index contributed by atoms with van der Waals surface area (Å²) in [6, 6.07) is 3.13. The first-order valence-corrected chi connectivity index (χ1v) is 7.43. The van der Waals surface area contributed by atoms with E-state index in [1.54, 1.807) is 0 Å². The maximum absolute atomic E-state index is 12.1. The number of nitrogens with one attached hydrogen (secondary N) is 1. The molecule has 0 aromatic heterocycles. The van der Waals surface area contributed by atoms with Crippen LogP contribution >= 0.6 is 0 Å². The van der Waals surface area contributed by atoms with Crippen molar-refractivity contribution in [3.05, 3.63) is 39.4 Å². The molecule has 126 valence electrons. The first-order chi connectivity index (χ1) is 10.9. The van der Waals surface area contributed by atoms with Gasteiger partial charge in [0.25, 0.3) is 11.6 Å². The van der Waals surface area contributed by atoms with Gasteiger partial charge in [-0.1, -0.05) is 13.8 Å². The Kier molecular flexibility index (Phi) is 7.14. The van der Waals surface area contributed by atoms with Crippen LogP contribution in [0.3, 0.4) is 0 Å². The van der Waals surface area contributed by atoms with Gasteiger partial charge in [-0.3, -0.25) is 14.9 Å². The van der Waals surface area contributed by atoms with Crippen LogP contribution in [0.2, 0.25) is 0 Å². The van der Waals surface area contributed by atoms with E-state index in [1.807, 2.05) is 13.8 Å². The van der Waals surface area contributed by atoms with Crippen molar-refractivity contribution in [1.82, 2.24) is 10.2 Å². The molecule has 0 bridgehead atoms. The van der Waals surface area contributed by atoms with Gasteiger partial charge in [0.2, 0.25) is 0 Å². The van der Waals surface area contributed by atoms with Crippen LogP contribution < -0.4 is 5.32 Å². The van der Waals surface area contributed by atoms with E-state index >= 15 is 0 Å². The molecule has 0 radical (unpaired) electrons. The molecule has 1 aromatic carbocycles. The van der Waals surface area contributed by atoms with Crippen LogP contribution in [-0.2, 0) is 0 Å². The van der Waals surface area contributed by atoms with Gasteiger partial charge in [0.1, 0.15) is 0 Å². The summed E-state index contributed by atoms with van der Waals surface area (Å²) in [6.07, 6.45) is 0.713. The minimum Gasteiger partial charge on any atom is -0.478 e. The molecule has 0 saturated heterocycles. The van der Waals surface area contributed by atoms with Gasteiger partial charge in [0, 0.05) is 18.7 Å². The van der Waals surface area contributed by atoms with Crippen LogP contribution in [0, 0.1) is 10.1 Å². The Balaban J connectivity index is 2.76. The Hall–Kier alpha value is -2.48. The topological polar surface area (TPSA) is 113 Å². The number of nitro groups is 1. The Morgan fingerprint density at radius 1 is 1.26 bits per heavy atom. The smallest absolute Gasteiger partial charge is 0.336 e. The second-order valence-electron chi connectivity index (χ2n) is 4.93. The molecule has 0 spiro atoms. The first-order valence-electron chi connectivity index (χ1n) is 7.43. The van der Waals surface area contributed by atoms with Gasteiger partial charge >= 0.3 is 5.97 Å². The van der Waals surface area contributed by atoms with Gasteiger partial charge in [-0.25, -0.2) is 4.79 Å². The predicted octanol–water partition coefficient (Wildman–Crippen LogP) is 1.75. The number of carbonyl (C=O) groups is 2. The van der Waals surface area contributed by atoms with Crippen LogP contribution in [0.5, 0.6) is 0 Å². The number of carboxylic acid groups (broad SMARTS) is 1. The molecule has 8 nitrogen and oxygen atoms in total. The third-order valence-electron chi connectivity index (χ3n) is 3.52. The molecule has 0 atom stereocenters. The lowest BCUT2D eigenvalue weighted by Crippen LogP contribution is -2.30. The molecule has 0 unspecified atom stereocenters. The number of nitro benzene ring substituents is 1. The second kappa shape index (κ2) is 8.84.